The number of aryl methyl sites for hydroxylation is 1. The second kappa shape index (κ2) is 6.74. The van der Waals surface area contributed by atoms with E-state index in [1.807, 2.05) is 0 Å². The van der Waals surface area contributed by atoms with Crippen molar-refractivity contribution < 1.29 is 4.42 Å². The molecule has 0 amide bonds. The van der Waals surface area contributed by atoms with Gasteiger partial charge in [-0.15, -0.1) is 10.2 Å². The quantitative estimate of drug-likeness (QED) is 0.741. The van der Waals surface area contributed by atoms with Crippen LogP contribution in [0.15, 0.2) is 4.42 Å². The van der Waals surface area contributed by atoms with Crippen LogP contribution in [-0.2, 0) is 6.42 Å². The van der Waals surface area contributed by atoms with E-state index in [0.29, 0.717) is 5.92 Å². The van der Waals surface area contributed by atoms with E-state index in [-0.39, 0.29) is 0 Å². The Balaban J connectivity index is 1.70. The second-order valence-electron chi connectivity index (χ2n) is 4.87. The number of hydrogen-bond donors (Lipinski definition) is 1. The van der Waals surface area contributed by atoms with Crippen LogP contribution in [0.25, 0.3) is 0 Å². The summed E-state index contributed by atoms with van der Waals surface area (Å²) in [6.45, 7) is 4.31. The van der Waals surface area contributed by atoms with Gasteiger partial charge in [0.1, 0.15) is 0 Å². The monoisotopic (exact) mass is 237 g/mol. The number of nitrogens with one attached hydrogen (secondary N) is 1. The van der Waals surface area contributed by atoms with Crippen LogP contribution in [0, 0.1) is 0 Å². The van der Waals surface area contributed by atoms with Gasteiger partial charge < -0.3 is 9.73 Å². The summed E-state index contributed by atoms with van der Waals surface area (Å²) in [7, 11) is 0. The van der Waals surface area contributed by atoms with Crippen LogP contribution in [0.5, 0.6) is 0 Å². The molecule has 1 N–H and O–H groups in total. The van der Waals surface area contributed by atoms with Gasteiger partial charge in [-0.05, 0) is 38.8 Å². The fraction of sp³-hybridized carbons (Fsp3) is 0.846. The first-order valence-corrected chi connectivity index (χ1v) is 6.93. The average molecular weight is 237 g/mol. The maximum absolute atomic E-state index is 5.72. The lowest BCUT2D eigenvalue weighted by Gasteiger charge is -2.01. The lowest BCUT2D eigenvalue weighted by molar-refractivity contribution is 0.411. The Bertz CT molecular complexity index is 318. The summed E-state index contributed by atoms with van der Waals surface area (Å²) >= 11 is 0. The molecule has 17 heavy (non-hydrogen) atoms. The highest BCUT2D eigenvalue weighted by Crippen LogP contribution is 2.33. The van der Waals surface area contributed by atoms with E-state index < -0.39 is 0 Å². The fourth-order valence-electron chi connectivity index (χ4n) is 2.37. The first-order chi connectivity index (χ1) is 8.40. The minimum atomic E-state index is 0.537. The van der Waals surface area contributed by atoms with Crippen molar-refractivity contribution in [1.29, 1.82) is 0 Å². The zero-order chi connectivity index (χ0) is 11.9. The smallest absolute Gasteiger partial charge is 0.219 e. The third-order valence-electron chi connectivity index (χ3n) is 3.36. The van der Waals surface area contributed by atoms with Crippen molar-refractivity contribution in [3.05, 3.63) is 11.8 Å². The molecule has 1 fully saturated rings. The van der Waals surface area contributed by atoms with Gasteiger partial charge in [-0.1, -0.05) is 19.8 Å². The molecular weight excluding hydrogens is 214 g/mol. The average Bonchev–Trinajstić information content (AvgIpc) is 2.99. The fourth-order valence-corrected chi connectivity index (χ4v) is 2.37. The molecule has 0 bridgehead atoms. The summed E-state index contributed by atoms with van der Waals surface area (Å²) in [6.07, 6.45) is 8.22. The van der Waals surface area contributed by atoms with E-state index in [1.165, 1.54) is 32.1 Å². The Kier molecular flexibility index (Phi) is 4.98. The molecule has 0 aliphatic heterocycles. The summed E-state index contributed by atoms with van der Waals surface area (Å²) < 4.78 is 5.72. The van der Waals surface area contributed by atoms with Crippen molar-refractivity contribution in [2.45, 2.75) is 57.8 Å². The van der Waals surface area contributed by atoms with Crippen LogP contribution < -0.4 is 5.32 Å². The predicted molar refractivity (Wildman–Crippen MR) is 67.0 cm³/mol. The zero-order valence-corrected chi connectivity index (χ0v) is 10.7. The van der Waals surface area contributed by atoms with Crippen LogP contribution in [0.4, 0.5) is 0 Å². The number of hydrogen-bond acceptors (Lipinski definition) is 4. The van der Waals surface area contributed by atoms with Gasteiger partial charge in [-0.25, -0.2) is 0 Å². The number of aromatic nitrogens is 2. The topological polar surface area (TPSA) is 51.0 Å². The maximum atomic E-state index is 5.72. The maximum Gasteiger partial charge on any atom is 0.219 e. The van der Waals surface area contributed by atoms with Crippen LogP contribution >= 0.6 is 0 Å². The molecule has 1 aliphatic carbocycles. The molecule has 0 aromatic carbocycles. The molecule has 0 atom stereocenters. The number of nitrogens with zero attached hydrogens (tertiary/aromatic N) is 2. The molecule has 4 nitrogen and oxygen atoms in total. The van der Waals surface area contributed by atoms with Gasteiger partial charge in [0.25, 0.3) is 0 Å². The van der Waals surface area contributed by atoms with Gasteiger partial charge in [0.15, 0.2) is 0 Å². The molecule has 0 unspecified atom stereocenters. The van der Waals surface area contributed by atoms with Crippen LogP contribution in [0.3, 0.4) is 0 Å². The molecule has 0 saturated heterocycles. The van der Waals surface area contributed by atoms with Crippen molar-refractivity contribution in [3.8, 4) is 0 Å². The number of rotatable bonds is 7. The Morgan fingerprint density at radius 1 is 1.24 bits per heavy atom. The highest BCUT2D eigenvalue weighted by molar-refractivity contribution is 4.94. The Morgan fingerprint density at radius 2 is 2.06 bits per heavy atom. The molecule has 2 rings (SSSR count). The zero-order valence-electron chi connectivity index (χ0n) is 10.7. The largest absolute Gasteiger partial charge is 0.425 e. The van der Waals surface area contributed by atoms with Crippen molar-refractivity contribution in [2.75, 3.05) is 13.1 Å². The van der Waals surface area contributed by atoms with E-state index in [1.54, 1.807) is 0 Å². The Labute approximate surface area is 103 Å². The normalized spacial score (nSPS) is 16.8. The van der Waals surface area contributed by atoms with E-state index in [2.05, 4.69) is 22.4 Å². The minimum absolute atomic E-state index is 0.537. The van der Waals surface area contributed by atoms with Crippen molar-refractivity contribution in [1.82, 2.24) is 15.5 Å². The molecule has 1 saturated carbocycles. The standard InChI is InChI=1S/C13H23N3O/c1-2-9-14-10-5-8-12-15-16-13(17-12)11-6-3-4-7-11/h11,14H,2-10H2,1H3. The highest BCUT2D eigenvalue weighted by Gasteiger charge is 2.22. The summed E-state index contributed by atoms with van der Waals surface area (Å²) in [5.74, 6) is 2.22. The molecule has 96 valence electrons. The Hall–Kier alpha value is -0.900. The lowest BCUT2D eigenvalue weighted by atomic mass is 10.1. The highest BCUT2D eigenvalue weighted by atomic mass is 16.4. The molecular formula is C13H23N3O. The van der Waals surface area contributed by atoms with Crippen molar-refractivity contribution in [3.63, 3.8) is 0 Å². The molecule has 1 heterocycles. The van der Waals surface area contributed by atoms with E-state index in [0.717, 1.165) is 37.7 Å². The Morgan fingerprint density at radius 3 is 2.82 bits per heavy atom. The first-order valence-electron chi connectivity index (χ1n) is 6.93. The SMILES string of the molecule is CCCNCCCc1nnc(C2CCCC2)o1. The molecule has 0 spiro atoms. The summed E-state index contributed by atoms with van der Waals surface area (Å²) in [5, 5.41) is 11.7. The van der Waals surface area contributed by atoms with Crippen molar-refractivity contribution >= 4 is 0 Å². The molecule has 1 aromatic rings. The van der Waals surface area contributed by atoms with E-state index in [9.17, 15) is 0 Å². The van der Waals surface area contributed by atoms with Crippen molar-refractivity contribution in [2.24, 2.45) is 0 Å². The summed E-state index contributed by atoms with van der Waals surface area (Å²) in [6, 6.07) is 0. The lowest BCUT2D eigenvalue weighted by Crippen LogP contribution is -2.16. The molecule has 1 aliphatic rings. The molecule has 4 heteroatoms. The van der Waals surface area contributed by atoms with Gasteiger partial charge >= 0.3 is 0 Å². The van der Waals surface area contributed by atoms with E-state index in [4.69, 9.17) is 4.42 Å². The third kappa shape index (κ3) is 3.80. The first kappa shape index (κ1) is 12.6. The molecule has 1 aromatic heterocycles. The van der Waals surface area contributed by atoms with E-state index >= 15 is 0 Å². The van der Waals surface area contributed by atoms with Crippen LogP contribution in [0.1, 0.15) is 63.1 Å². The molecule has 0 radical (unpaired) electrons. The van der Waals surface area contributed by atoms with Crippen LogP contribution in [0.2, 0.25) is 0 Å². The third-order valence-corrected chi connectivity index (χ3v) is 3.36. The summed E-state index contributed by atoms with van der Waals surface area (Å²) in [4.78, 5) is 0. The van der Waals surface area contributed by atoms with Gasteiger partial charge in [-0.2, -0.15) is 0 Å². The summed E-state index contributed by atoms with van der Waals surface area (Å²) in [5.41, 5.74) is 0. The van der Waals surface area contributed by atoms with Crippen LogP contribution in [-0.4, -0.2) is 23.3 Å². The van der Waals surface area contributed by atoms with Gasteiger partial charge in [-0.3, -0.25) is 0 Å². The second-order valence-corrected chi connectivity index (χ2v) is 4.87. The minimum Gasteiger partial charge on any atom is -0.425 e. The van der Waals surface area contributed by atoms with Gasteiger partial charge in [0.05, 0.1) is 0 Å². The predicted octanol–water partition coefficient (Wildman–Crippen LogP) is 2.66. The van der Waals surface area contributed by atoms with Gasteiger partial charge in [0, 0.05) is 12.3 Å². The van der Waals surface area contributed by atoms with Gasteiger partial charge in [0.2, 0.25) is 11.8 Å².